The van der Waals surface area contributed by atoms with Gasteiger partial charge in [0.25, 0.3) is 5.56 Å². The lowest BCUT2D eigenvalue weighted by Crippen LogP contribution is -2.29. The summed E-state index contributed by atoms with van der Waals surface area (Å²) in [6, 6.07) is 8.49. The number of hydrogen-bond acceptors (Lipinski definition) is 6. The number of pyridine rings is 1. The third kappa shape index (κ3) is 4.60. The number of carbonyl (C=O) groups excluding carboxylic acids is 2. The van der Waals surface area contributed by atoms with Crippen LogP contribution in [0.25, 0.3) is 0 Å². The lowest BCUT2D eigenvalue weighted by atomic mass is 10.2. The summed E-state index contributed by atoms with van der Waals surface area (Å²) in [7, 11) is 0.193. The van der Waals surface area contributed by atoms with Gasteiger partial charge in [-0.1, -0.05) is 12.1 Å². The van der Waals surface area contributed by atoms with Crippen LogP contribution >= 0.6 is 0 Å². The number of aromatic nitrogens is 1. The molecule has 0 unspecified atom stereocenters. The first-order valence-electron chi connectivity index (χ1n) is 7.77. The fraction of sp³-hybridized carbons (Fsp3) is 0.235. The lowest BCUT2D eigenvalue weighted by Gasteiger charge is -2.14. The van der Waals surface area contributed by atoms with Crippen LogP contribution in [0.3, 0.4) is 0 Å². The summed E-state index contributed by atoms with van der Waals surface area (Å²) in [5.41, 5.74) is -0.159. The van der Waals surface area contributed by atoms with Crippen LogP contribution in [-0.2, 0) is 26.1 Å². The minimum absolute atomic E-state index is 0.116. The Hall–Kier alpha value is -2.98. The van der Waals surface area contributed by atoms with Crippen molar-refractivity contribution in [1.29, 1.82) is 0 Å². The van der Waals surface area contributed by atoms with E-state index in [4.69, 9.17) is 0 Å². The maximum Gasteiger partial charge on any atom is 0.339 e. The fourth-order valence-corrected chi connectivity index (χ4v) is 3.14. The molecule has 0 radical (unpaired) electrons. The Morgan fingerprint density at radius 1 is 1.15 bits per heavy atom. The Labute approximate surface area is 156 Å². The first-order valence-corrected chi connectivity index (χ1v) is 9.21. The number of esters is 1. The first kappa shape index (κ1) is 20.3. The van der Waals surface area contributed by atoms with Crippen molar-refractivity contribution in [3.05, 3.63) is 58.5 Å². The van der Waals surface area contributed by atoms with E-state index in [0.717, 1.165) is 21.1 Å². The molecule has 0 saturated carbocycles. The standard InChI is InChI=1S/C17H19N3O6S/c1-19(2)27(24,25)12-8-9-16(22)20(10-12)11-15(21)18-14-7-5-4-6-13(14)17(23)26-3/h4-10H,11H2,1-3H3,(H,18,21). The van der Waals surface area contributed by atoms with Gasteiger partial charge in [-0.25, -0.2) is 17.5 Å². The second kappa shape index (κ2) is 8.14. The second-order valence-corrected chi connectivity index (χ2v) is 7.86. The lowest BCUT2D eigenvalue weighted by molar-refractivity contribution is -0.116. The average Bonchev–Trinajstić information content (AvgIpc) is 2.63. The molecule has 0 aliphatic rings. The number of nitrogens with one attached hydrogen (secondary N) is 1. The highest BCUT2D eigenvalue weighted by Crippen LogP contribution is 2.16. The van der Waals surface area contributed by atoms with Gasteiger partial charge in [-0.2, -0.15) is 0 Å². The van der Waals surface area contributed by atoms with Gasteiger partial charge < -0.3 is 14.6 Å². The molecule has 0 aliphatic heterocycles. The minimum atomic E-state index is -3.75. The van der Waals surface area contributed by atoms with Crippen LogP contribution in [0.2, 0.25) is 0 Å². The molecule has 1 aromatic carbocycles. The number of nitrogens with zero attached hydrogens (tertiary/aromatic N) is 2. The van der Waals surface area contributed by atoms with Crippen LogP contribution in [0.1, 0.15) is 10.4 Å². The number of para-hydroxylation sites is 1. The van der Waals surface area contributed by atoms with E-state index in [-0.39, 0.29) is 16.1 Å². The molecule has 0 bridgehead atoms. The van der Waals surface area contributed by atoms with Crippen molar-refractivity contribution in [2.45, 2.75) is 11.4 Å². The Kier molecular flexibility index (Phi) is 6.13. The molecule has 1 N–H and O–H groups in total. The molecule has 144 valence electrons. The van der Waals surface area contributed by atoms with Crippen molar-refractivity contribution in [3.8, 4) is 0 Å². The van der Waals surface area contributed by atoms with Gasteiger partial charge in [0.05, 0.1) is 23.3 Å². The molecule has 0 atom stereocenters. The summed E-state index contributed by atoms with van der Waals surface area (Å²) in [4.78, 5) is 35.9. The Bertz CT molecular complexity index is 1030. The van der Waals surface area contributed by atoms with E-state index in [1.165, 1.54) is 39.4 Å². The third-order valence-electron chi connectivity index (χ3n) is 3.66. The molecule has 10 heteroatoms. The van der Waals surface area contributed by atoms with E-state index in [1.54, 1.807) is 12.1 Å². The van der Waals surface area contributed by atoms with Gasteiger partial charge in [-0.15, -0.1) is 0 Å². The topological polar surface area (TPSA) is 115 Å². The normalized spacial score (nSPS) is 11.3. The van der Waals surface area contributed by atoms with Crippen molar-refractivity contribution in [2.24, 2.45) is 0 Å². The van der Waals surface area contributed by atoms with Gasteiger partial charge in [-0.3, -0.25) is 9.59 Å². The van der Waals surface area contributed by atoms with Crippen LogP contribution in [0.15, 0.2) is 52.3 Å². The van der Waals surface area contributed by atoms with E-state index in [2.05, 4.69) is 10.1 Å². The number of methoxy groups -OCH3 is 1. The van der Waals surface area contributed by atoms with Crippen LogP contribution in [0.4, 0.5) is 5.69 Å². The van der Waals surface area contributed by atoms with Gasteiger partial charge >= 0.3 is 5.97 Å². The van der Waals surface area contributed by atoms with Crippen molar-refractivity contribution in [3.63, 3.8) is 0 Å². The van der Waals surface area contributed by atoms with Gasteiger partial charge in [0.2, 0.25) is 15.9 Å². The Balaban J connectivity index is 2.27. The van der Waals surface area contributed by atoms with E-state index in [0.29, 0.717) is 0 Å². The molecule has 9 nitrogen and oxygen atoms in total. The highest BCUT2D eigenvalue weighted by molar-refractivity contribution is 7.89. The molecule has 27 heavy (non-hydrogen) atoms. The van der Waals surface area contributed by atoms with Gasteiger partial charge in [-0.05, 0) is 18.2 Å². The molecular weight excluding hydrogens is 374 g/mol. The van der Waals surface area contributed by atoms with E-state index in [1.807, 2.05) is 0 Å². The monoisotopic (exact) mass is 393 g/mol. The van der Waals surface area contributed by atoms with Crippen molar-refractivity contribution >= 4 is 27.6 Å². The van der Waals surface area contributed by atoms with Crippen molar-refractivity contribution in [1.82, 2.24) is 8.87 Å². The Morgan fingerprint density at radius 3 is 2.44 bits per heavy atom. The minimum Gasteiger partial charge on any atom is -0.465 e. The number of sulfonamides is 1. The second-order valence-electron chi connectivity index (χ2n) is 5.70. The quantitative estimate of drug-likeness (QED) is 0.716. The van der Waals surface area contributed by atoms with E-state index < -0.39 is 34.0 Å². The maximum absolute atomic E-state index is 12.3. The SMILES string of the molecule is COC(=O)c1ccccc1NC(=O)Cn1cc(S(=O)(=O)N(C)C)ccc1=O. The number of anilines is 1. The largest absolute Gasteiger partial charge is 0.465 e. The van der Waals surface area contributed by atoms with Crippen LogP contribution < -0.4 is 10.9 Å². The number of benzene rings is 1. The summed E-state index contributed by atoms with van der Waals surface area (Å²) in [6.45, 7) is -0.425. The number of rotatable bonds is 6. The highest BCUT2D eigenvalue weighted by Gasteiger charge is 2.19. The average molecular weight is 393 g/mol. The highest BCUT2D eigenvalue weighted by atomic mass is 32.2. The summed E-state index contributed by atoms with van der Waals surface area (Å²) < 4.78 is 31.0. The zero-order chi connectivity index (χ0) is 20.2. The number of carbonyl (C=O) groups is 2. The Morgan fingerprint density at radius 2 is 1.81 bits per heavy atom. The van der Waals surface area contributed by atoms with Crippen LogP contribution in [-0.4, -0.2) is 50.4 Å². The fourth-order valence-electron chi connectivity index (χ4n) is 2.22. The third-order valence-corrected chi connectivity index (χ3v) is 5.45. The summed E-state index contributed by atoms with van der Waals surface area (Å²) in [5.74, 6) is -1.23. The number of amides is 1. The number of hydrogen-bond donors (Lipinski definition) is 1. The molecule has 0 fully saturated rings. The summed E-state index contributed by atoms with van der Waals surface area (Å²) in [6.07, 6.45) is 1.10. The predicted octanol–water partition coefficient (Wildman–Crippen LogP) is 0.524. The molecule has 1 aromatic heterocycles. The zero-order valence-electron chi connectivity index (χ0n) is 15.0. The molecule has 0 saturated heterocycles. The van der Waals surface area contributed by atoms with Crippen LogP contribution in [0.5, 0.6) is 0 Å². The predicted molar refractivity (Wildman–Crippen MR) is 98.0 cm³/mol. The summed E-state index contributed by atoms with van der Waals surface area (Å²) in [5, 5.41) is 2.52. The summed E-state index contributed by atoms with van der Waals surface area (Å²) >= 11 is 0. The van der Waals surface area contributed by atoms with Gasteiger partial charge in [0.15, 0.2) is 0 Å². The van der Waals surface area contributed by atoms with Crippen LogP contribution in [0, 0.1) is 0 Å². The number of ether oxygens (including phenoxy) is 1. The van der Waals surface area contributed by atoms with Gasteiger partial charge in [0.1, 0.15) is 6.54 Å². The smallest absolute Gasteiger partial charge is 0.339 e. The van der Waals surface area contributed by atoms with E-state index >= 15 is 0 Å². The molecular formula is C17H19N3O6S. The van der Waals surface area contributed by atoms with Crippen molar-refractivity contribution in [2.75, 3.05) is 26.5 Å². The maximum atomic E-state index is 12.3. The molecule has 0 aliphatic carbocycles. The zero-order valence-corrected chi connectivity index (χ0v) is 15.8. The van der Waals surface area contributed by atoms with Crippen molar-refractivity contribution < 1.29 is 22.7 Å². The molecule has 2 rings (SSSR count). The molecule has 0 spiro atoms. The molecule has 1 heterocycles. The van der Waals surface area contributed by atoms with Gasteiger partial charge in [0, 0.05) is 26.4 Å². The first-order chi connectivity index (χ1) is 12.7. The molecule has 1 amide bonds. The van der Waals surface area contributed by atoms with E-state index in [9.17, 15) is 22.8 Å². The molecule has 2 aromatic rings.